The van der Waals surface area contributed by atoms with Gasteiger partial charge in [0.1, 0.15) is 10.8 Å². The van der Waals surface area contributed by atoms with Crippen molar-refractivity contribution in [2.24, 2.45) is 0 Å². The monoisotopic (exact) mass is 425 g/mol. The Morgan fingerprint density at radius 2 is 1.93 bits per heavy atom. The van der Waals surface area contributed by atoms with Crippen molar-refractivity contribution in [3.05, 3.63) is 21.8 Å². The standard InChI is InChI=1S/C17H23N5O4S2/c1-7-22-10(3)19-20-17(22)27-8-11(23)18-14-12(16(25)26-6)9(2)13(28-14)15(24)21(4)5/h7-8H2,1-6H3,(H,18,23). The molecule has 0 bridgehead atoms. The Kier molecular flexibility index (Phi) is 7.19. The largest absolute Gasteiger partial charge is 0.465 e. The van der Waals surface area contributed by atoms with Crippen LogP contribution in [0.2, 0.25) is 0 Å². The summed E-state index contributed by atoms with van der Waals surface area (Å²) in [5.41, 5.74) is 0.684. The molecule has 0 unspecified atom stereocenters. The molecule has 11 heteroatoms. The summed E-state index contributed by atoms with van der Waals surface area (Å²) in [7, 11) is 4.51. The fourth-order valence-corrected chi connectivity index (χ4v) is 4.56. The molecule has 2 amide bonds. The number of methoxy groups -OCH3 is 1. The third-order valence-corrected chi connectivity index (χ3v) is 6.10. The van der Waals surface area contributed by atoms with E-state index in [1.54, 1.807) is 21.0 Å². The number of esters is 1. The average Bonchev–Trinajstić information content (AvgIpc) is 3.17. The molecule has 28 heavy (non-hydrogen) atoms. The number of ether oxygens (including phenoxy) is 1. The minimum absolute atomic E-state index is 0.0899. The minimum Gasteiger partial charge on any atom is -0.465 e. The predicted molar refractivity (Wildman–Crippen MR) is 108 cm³/mol. The smallest absolute Gasteiger partial charge is 0.341 e. The molecule has 0 saturated carbocycles. The van der Waals surface area contributed by atoms with Crippen molar-refractivity contribution in [3.63, 3.8) is 0 Å². The molecule has 2 heterocycles. The van der Waals surface area contributed by atoms with E-state index in [1.807, 2.05) is 18.4 Å². The minimum atomic E-state index is -0.601. The molecule has 0 aromatic carbocycles. The zero-order valence-corrected chi connectivity index (χ0v) is 18.3. The van der Waals surface area contributed by atoms with Crippen LogP contribution in [0.15, 0.2) is 5.16 Å². The normalized spacial score (nSPS) is 10.6. The zero-order valence-electron chi connectivity index (χ0n) is 16.7. The molecule has 0 fully saturated rings. The molecule has 0 saturated heterocycles. The first-order valence-electron chi connectivity index (χ1n) is 8.47. The van der Waals surface area contributed by atoms with E-state index in [9.17, 15) is 14.4 Å². The van der Waals surface area contributed by atoms with Crippen LogP contribution >= 0.6 is 23.1 Å². The van der Waals surface area contributed by atoms with Crippen molar-refractivity contribution >= 4 is 45.9 Å². The number of aromatic nitrogens is 3. The van der Waals surface area contributed by atoms with E-state index in [2.05, 4.69) is 15.5 Å². The molecule has 2 aromatic rings. The van der Waals surface area contributed by atoms with Gasteiger partial charge in [-0.2, -0.15) is 0 Å². The van der Waals surface area contributed by atoms with Gasteiger partial charge in [0.15, 0.2) is 5.16 Å². The van der Waals surface area contributed by atoms with Gasteiger partial charge in [0.25, 0.3) is 5.91 Å². The number of amides is 2. The fourth-order valence-electron chi connectivity index (χ4n) is 2.48. The van der Waals surface area contributed by atoms with Crippen LogP contribution in [-0.2, 0) is 16.1 Å². The lowest BCUT2D eigenvalue weighted by molar-refractivity contribution is -0.113. The second kappa shape index (κ2) is 9.20. The Morgan fingerprint density at radius 3 is 2.50 bits per heavy atom. The van der Waals surface area contributed by atoms with E-state index in [4.69, 9.17) is 4.74 Å². The maximum Gasteiger partial charge on any atom is 0.341 e. The first-order valence-corrected chi connectivity index (χ1v) is 10.3. The molecule has 1 N–H and O–H groups in total. The maximum atomic E-state index is 12.4. The van der Waals surface area contributed by atoms with Crippen LogP contribution in [0.1, 0.15) is 38.3 Å². The van der Waals surface area contributed by atoms with Gasteiger partial charge in [-0.1, -0.05) is 11.8 Å². The number of anilines is 1. The van der Waals surface area contributed by atoms with Crippen molar-refractivity contribution in [2.75, 3.05) is 32.3 Å². The van der Waals surface area contributed by atoms with Crippen LogP contribution in [0, 0.1) is 13.8 Å². The van der Waals surface area contributed by atoms with Gasteiger partial charge in [0.05, 0.1) is 23.3 Å². The molecule has 0 radical (unpaired) electrons. The topological polar surface area (TPSA) is 106 Å². The molecule has 0 spiro atoms. The Bertz CT molecular complexity index is 904. The SMILES string of the molecule is CCn1c(C)nnc1SCC(=O)Nc1sc(C(=O)N(C)C)c(C)c1C(=O)OC. The predicted octanol–water partition coefficient (Wildman–Crippen LogP) is 2.20. The van der Waals surface area contributed by atoms with Crippen molar-refractivity contribution in [1.82, 2.24) is 19.7 Å². The lowest BCUT2D eigenvalue weighted by Crippen LogP contribution is -2.21. The summed E-state index contributed by atoms with van der Waals surface area (Å²) in [6.07, 6.45) is 0. The van der Waals surface area contributed by atoms with Gasteiger partial charge < -0.3 is 19.5 Å². The fraction of sp³-hybridized carbons (Fsp3) is 0.471. The highest BCUT2D eigenvalue weighted by Gasteiger charge is 2.27. The molecule has 2 rings (SSSR count). The number of thioether (sulfide) groups is 1. The summed E-state index contributed by atoms with van der Waals surface area (Å²) >= 11 is 2.31. The second-order valence-electron chi connectivity index (χ2n) is 6.06. The number of hydrogen-bond acceptors (Lipinski definition) is 8. The highest BCUT2D eigenvalue weighted by molar-refractivity contribution is 7.99. The Hall–Kier alpha value is -2.40. The summed E-state index contributed by atoms with van der Waals surface area (Å²) in [6, 6.07) is 0. The van der Waals surface area contributed by atoms with Gasteiger partial charge in [0, 0.05) is 20.6 Å². The lowest BCUT2D eigenvalue weighted by Gasteiger charge is -2.08. The number of hydrogen-bond donors (Lipinski definition) is 1. The molecule has 0 aliphatic heterocycles. The van der Waals surface area contributed by atoms with E-state index >= 15 is 0 Å². The van der Waals surface area contributed by atoms with Gasteiger partial charge in [-0.3, -0.25) is 9.59 Å². The average molecular weight is 426 g/mol. The summed E-state index contributed by atoms with van der Waals surface area (Å²) < 4.78 is 6.72. The molecule has 0 aliphatic carbocycles. The molecule has 152 valence electrons. The van der Waals surface area contributed by atoms with Gasteiger partial charge >= 0.3 is 5.97 Å². The van der Waals surface area contributed by atoms with Crippen molar-refractivity contribution < 1.29 is 19.1 Å². The summed E-state index contributed by atoms with van der Waals surface area (Å²) in [5.74, 6) is -0.292. The summed E-state index contributed by atoms with van der Waals surface area (Å²) in [5, 5.41) is 11.7. The molecular weight excluding hydrogens is 402 g/mol. The molecular formula is C17H23N5O4S2. The molecule has 0 atom stereocenters. The number of aryl methyl sites for hydroxylation is 1. The van der Waals surface area contributed by atoms with E-state index in [1.165, 1.54) is 23.8 Å². The lowest BCUT2D eigenvalue weighted by atomic mass is 10.1. The van der Waals surface area contributed by atoms with Gasteiger partial charge in [-0.25, -0.2) is 4.79 Å². The van der Waals surface area contributed by atoms with Crippen LogP contribution in [0.25, 0.3) is 0 Å². The van der Waals surface area contributed by atoms with Crippen LogP contribution in [-0.4, -0.2) is 64.4 Å². The second-order valence-corrected chi connectivity index (χ2v) is 8.03. The van der Waals surface area contributed by atoms with Crippen molar-refractivity contribution in [3.8, 4) is 0 Å². The third-order valence-electron chi connectivity index (χ3n) is 3.94. The van der Waals surface area contributed by atoms with E-state index in [0.717, 1.165) is 17.2 Å². The van der Waals surface area contributed by atoms with Crippen molar-refractivity contribution in [1.29, 1.82) is 0 Å². The van der Waals surface area contributed by atoms with Crippen LogP contribution in [0.3, 0.4) is 0 Å². The molecule has 0 aliphatic rings. The highest BCUT2D eigenvalue weighted by Crippen LogP contribution is 2.34. The molecule has 9 nitrogen and oxygen atoms in total. The van der Waals surface area contributed by atoms with Gasteiger partial charge in [-0.15, -0.1) is 21.5 Å². The zero-order chi connectivity index (χ0) is 21.0. The number of carbonyl (C=O) groups is 3. The quantitative estimate of drug-likeness (QED) is 0.535. The third kappa shape index (κ3) is 4.53. The first kappa shape index (κ1) is 21.9. The molecule has 2 aromatic heterocycles. The Balaban J connectivity index is 2.21. The van der Waals surface area contributed by atoms with Crippen LogP contribution < -0.4 is 5.32 Å². The van der Waals surface area contributed by atoms with Gasteiger partial charge in [0.2, 0.25) is 5.91 Å². The number of nitrogens with one attached hydrogen (secondary N) is 1. The van der Waals surface area contributed by atoms with E-state index < -0.39 is 5.97 Å². The number of carbonyl (C=O) groups excluding carboxylic acids is 3. The Labute approximate surface area is 171 Å². The van der Waals surface area contributed by atoms with Crippen molar-refractivity contribution in [2.45, 2.75) is 32.5 Å². The maximum absolute atomic E-state index is 12.4. The summed E-state index contributed by atoms with van der Waals surface area (Å²) in [4.78, 5) is 38.8. The van der Waals surface area contributed by atoms with E-state index in [0.29, 0.717) is 27.1 Å². The highest BCUT2D eigenvalue weighted by atomic mass is 32.2. The number of nitrogens with zero attached hydrogens (tertiary/aromatic N) is 4. The van der Waals surface area contributed by atoms with E-state index in [-0.39, 0.29) is 23.1 Å². The number of rotatable bonds is 7. The number of thiophene rings is 1. The first-order chi connectivity index (χ1) is 13.2. The Morgan fingerprint density at radius 1 is 1.25 bits per heavy atom. The van der Waals surface area contributed by atoms with Crippen LogP contribution in [0.5, 0.6) is 0 Å². The summed E-state index contributed by atoms with van der Waals surface area (Å²) in [6.45, 7) is 6.19. The van der Waals surface area contributed by atoms with Gasteiger partial charge in [-0.05, 0) is 26.3 Å². The van der Waals surface area contributed by atoms with Crippen LogP contribution in [0.4, 0.5) is 5.00 Å².